The number of halogens is 3. The van der Waals surface area contributed by atoms with Gasteiger partial charge in [-0.1, -0.05) is 23.2 Å². The highest BCUT2D eigenvalue weighted by Gasteiger charge is 2.10. The normalized spacial score (nSPS) is 10.6. The van der Waals surface area contributed by atoms with Crippen LogP contribution in [0.2, 0.25) is 10.2 Å². The van der Waals surface area contributed by atoms with Crippen LogP contribution in [-0.4, -0.2) is 9.97 Å². The highest BCUT2D eigenvalue weighted by molar-refractivity contribution is 6.31. The molecule has 3 aromatic rings. The quantitative estimate of drug-likeness (QED) is 0.602. The van der Waals surface area contributed by atoms with Crippen LogP contribution in [0.15, 0.2) is 54.9 Å². The van der Waals surface area contributed by atoms with Crippen molar-refractivity contribution in [2.45, 2.75) is 0 Å². The molecule has 0 fully saturated rings. The molecular weight excluding hydrogens is 310 g/mol. The first-order chi connectivity index (χ1) is 10.1. The lowest BCUT2D eigenvalue weighted by molar-refractivity contribution is 0.631. The topological polar surface area (TPSA) is 25.8 Å². The van der Waals surface area contributed by atoms with Gasteiger partial charge in [0.1, 0.15) is 11.0 Å². The Balaban J connectivity index is 2.16. The van der Waals surface area contributed by atoms with Crippen molar-refractivity contribution in [3.05, 3.63) is 70.9 Å². The van der Waals surface area contributed by atoms with Crippen LogP contribution in [0, 0.1) is 5.82 Å². The lowest BCUT2D eigenvalue weighted by atomic mass is 10.0. The van der Waals surface area contributed by atoms with Crippen LogP contribution in [0.4, 0.5) is 4.39 Å². The SMILES string of the molecule is Fc1ccc(Cl)cc1-c1cc(-c2ccncc2)cc(Cl)n1. The van der Waals surface area contributed by atoms with Gasteiger partial charge in [-0.2, -0.15) is 0 Å². The minimum atomic E-state index is -0.394. The fraction of sp³-hybridized carbons (Fsp3) is 0. The molecular formula is C16H9Cl2FN2. The second-order valence-electron chi connectivity index (χ2n) is 4.42. The molecule has 0 amide bonds. The van der Waals surface area contributed by atoms with Crippen LogP contribution < -0.4 is 0 Å². The van der Waals surface area contributed by atoms with Gasteiger partial charge in [0.25, 0.3) is 0 Å². The summed E-state index contributed by atoms with van der Waals surface area (Å²) >= 11 is 12.0. The summed E-state index contributed by atoms with van der Waals surface area (Å²) in [4.78, 5) is 8.16. The maximum Gasteiger partial charge on any atom is 0.132 e. The number of hydrogen-bond acceptors (Lipinski definition) is 2. The summed E-state index contributed by atoms with van der Waals surface area (Å²) in [7, 11) is 0. The van der Waals surface area contributed by atoms with Gasteiger partial charge in [-0.3, -0.25) is 4.98 Å². The van der Waals surface area contributed by atoms with Gasteiger partial charge in [-0.05, 0) is 53.6 Å². The van der Waals surface area contributed by atoms with Gasteiger partial charge in [0.05, 0.1) is 5.69 Å². The molecule has 3 rings (SSSR count). The molecule has 5 heteroatoms. The highest BCUT2D eigenvalue weighted by atomic mass is 35.5. The summed E-state index contributed by atoms with van der Waals surface area (Å²) in [6, 6.07) is 11.5. The molecule has 0 bridgehead atoms. The molecule has 0 N–H and O–H groups in total. The Labute approximate surface area is 131 Å². The van der Waals surface area contributed by atoms with Crippen molar-refractivity contribution in [1.82, 2.24) is 9.97 Å². The number of aromatic nitrogens is 2. The number of benzene rings is 1. The van der Waals surface area contributed by atoms with Gasteiger partial charge in [0, 0.05) is 23.0 Å². The first kappa shape index (κ1) is 14.0. The summed E-state index contributed by atoms with van der Waals surface area (Å²) in [6.07, 6.45) is 3.37. The lowest BCUT2D eigenvalue weighted by Crippen LogP contribution is -1.90. The summed E-state index contributed by atoms with van der Waals surface area (Å²) in [5.74, 6) is -0.394. The maximum atomic E-state index is 14.0. The molecule has 0 saturated carbocycles. The average molecular weight is 319 g/mol. The standard InChI is InChI=1S/C16H9Cl2FN2/c17-12-1-2-14(19)13(9-12)15-7-11(8-16(18)21-15)10-3-5-20-6-4-10/h1-9H. The molecule has 2 aromatic heterocycles. The maximum absolute atomic E-state index is 14.0. The van der Waals surface area contributed by atoms with Crippen LogP contribution >= 0.6 is 23.2 Å². The van der Waals surface area contributed by atoms with E-state index in [1.807, 2.05) is 12.1 Å². The van der Waals surface area contributed by atoms with Gasteiger partial charge >= 0.3 is 0 Å². The number of nitrogens with zero attached hydrogens (tertiary/aromatic N) is 2. The van der Waals surface area contributed by atoms with Crippen LogP contribution in [0.5, 0.6) is 0 Å². The third-order valence-corrected chi connectivity index (χ3v) is 3.44. The predicted molar refractivity (Wildman–Crippen MR) is 82.9 cm³/mol. The van der Waals surface area contributed by atoms with Crippen molar-refractivity contribution in [3.8, 4) is 22.4 Å². The first-order valence-electron chi connectivity index (χ1n) is 6.17. The zero-order chi connectivity index (χ0) is 14.8. The van der Waals surface area contributed by atoms with Crippen LogP contribution in [-0.2, 0) is 0 Å². The molecule has 0 radical (unpaired) electrons. The molecule has 21 heavy (non-hydrogen) atoms. The van der Waals surface area contributed by atoms with Crippen LogP contribution in [0.3, 0.4) is 0 Å². The van der Waals surface area contributed by atoms with Crippen molar-refractivity contribution in [1.29, 1.82) is 0 Å². The van der Waals surface area contributed by atoms with E-state index < -0.39 is 5.82 Å². The third-order valence-electron chi connectivity index (χ3n) is 3.01. The summed E-state index contributed by atoms with van der Waals surface area (Å²) in [6.45, 7) is 0. The fourth-order valence-electron chi connectivity index (χ4n) is 2.04. The van der Waals surface area contributed by atoms with E-state index in [-0.39, 0.29) is 0 Å². The van der Waals surface area contributed by atoms with E-state index in [4.69, 9.17) is 23.2 Å². The Kier molecular flexibility index (Phi) is 3.86. The average Bonchev–Trinajstić information content (AvgIpc) is 2.50. The van der Waals surface area contributed by atoms with Crippen LogP contribution in [0.1, 0.15) is 0 Å². The Morgan fingerprint density at radius 1 is 0.857 bits per heavy atom. The highest BCUT2D eigenvalue weighted by Crippen LogP contribution is 2.30. The van der Waals surface area contributed by atoms with Gasteiger partial charge in [-0.25, -0.2) is 9.37 Å². The van der Waals surface area contributed by atoms with Crippen molar-refractivity contribution < 1.29 is 4.39 Å². The first-order valence-corrected chi connectivity index (χ1v) is 6.92. The zero-order valence-corrected chi connectivity index (χ0v) is 12.2. The second-order valence-corrected chi connectivity index (χ2v) is 5.25. The molecule has 0 spiro atoms. The molecule has 0 unspecified atom stereocenters. The van der Waals surface area contributed by atoms with Crippen molar-refractivity contribution >= 4 is 23.2 Å². The molecule has 0 atom stereocenters. The zero-order valence-electron chi connectivity index (χ0n) is 10.7. The van der Waals surface area contributed by atoms with Crippen molar-refractivity contribution in [3.63, 3.8) is 0 Å². The molecule has 2 nitrogen and oxygen atoms in total. The summed E-state index contributed by atoms with van der Waals surface area (Å²) < 4.78 is 14.0. The van der Waals surface area contributed by atoms with Gasteiger partial charge in [0.2, 0.25) is 0 Å². The van der Waals surface area contributed by atoms with E-state index in [0.717, 1.165) is 11.1 Å². The Hall–Kier alpha value is -1.97. The van der Waals surface area contributed by atoms with E-state index >= 15 is 0 Å². The van der Waals surface area contributed by atoms with Crippen LogP contribution in [0.25, 0.3) is 22.4 Å². The number of pyridine rings is 2. The summed E-state index contributed by atoms with van der Waals surface area (Å²) in [5.41, 5.74) is 2.53. The summed E-state index contributed by atoms with van der Waals surface area (Å²) in [5, 5.41) is 0.734. The Bertz CT molecular complexity index is 792. The Morgan fingerprint density at radius 2 is 1.62 bits per heavy atom. The van der Waals surface area contributed by atoms with Crippen molar-refractivity contribution in [2.75, 3.05) is 0 Å². The van der Waals surface area contributed by atoms with E-state index in [1.54, 1.807) is 24.5 Å². The van der Waals surface area contributed by atoms with Gasteiger partial charge in [-0.15, -0.1) is 0 Å². The monoisotopic (exact) mass is 318 g/mol. The fourth-order valence-corrected chi connectivity index (χ4v) is 2.42. The molecule has 0 aliphatic heterocycles. The van der Waals surface area contributed by atoms with E-state index in [0.29, 0.717) is 21.4 Å². The minimum absolute atomic E-state index is 0.290. The second kappa shape index (κ2) is 5.80. The van der Waals surface area contributed by atoms with E-state index in [2.05, 4.69) is 9.97 Å². The molecule has 104 valence electrons. The molecule has 1 aromatic carbocycles. The van der Waals surface area contributed by atoms with Gasteiger partial charge in [0.15, 0.2) is 0 Å². The van der Waals surface area contributed by atoms with Crippen molar-refractivity contribution in [2.24, 2.45) is 0 Å². The Morgan fingerprint density at radius 3 is 2.38 bits per heavy atom. The van der Waals surface area contributed by atoms with Gasteiger partial charge < -0.3 is 0 Å². The third kappa shape index (κ3) is 3.04. The molecule has 0 saturated heterocycles. The van der Waals surface area contributed by atoms with E-state index in [9.17, 15) is 4.39 Å². The predicted octanol–water partition coefficient (Wildman–Crippen LogP) is 5.26. The van der Waals surface area contributed by atoms with E-state index in [1.165, 1.54) is 18.2 Å². The number of rotatable bonds is 2. The molecule has 2 heterocycles. The minimum Gasteiger partial charge on any atom is -0.265 e. The largest absolute Gasteiger partial charge is 0.265 e. The molecule has 0 aliphatic carbocycles. The smallest absolute Gasteiger partial charge is 0.132 e. The lowest BCUT2D eigenvalue weighted by Gasteiger charge is -2.08. The number of hydrogen-bond donors (Lipinski definition) is 0. The molecule has 0 aliphatic rings.